The number of hydrogen-bond acceptors (Lipinski definition) is 5. The number of hydrogen-bond donors (Lipinski definition) is 0. The second-order valence-corrected chi connectivity index (χ2v) is 8.07. The molecule has 0 unspecified atom stereocenters. The summed E-state index contributed by atoms with van der Waals surface area (Å²) in [5.41, 5.74) is 1.88. The average Bonchev–Trinajstić information content (AvgIpc) is 3.27. The number of rotatable bonds is 8. The van der Waals surface area contributed by atoms with Crippen LogP contribution < -0.4 is 9.64 Å². The fraction of sp³-hybridized carbons (Fsp3) is 0.160. The normalized spacial score (nSPS) is 10.8. The molecule has 6 nitrogen and oxygen atoms in total. The van der Waals surface area contributed by atoms with Crippen molar-refractivity contribution < 1.29 is 13.9 Å². The van der Waals surface area contributed by atoms with Crippen LogP contribution in [0.1, 0.15) is 6.92 Å². The van der Waals surface area contributed by atoms with Crippen LogP contribution >= 0.6 is 11.8 Å². The zero-order valence-corrected chi connectivity index (χ0v) is 19.1. The van der Waals surface area contributed by atoms with Crippen LogP contribution in [0.4, 0.5) is 10.1 Å². The van der Waals surface area contributed by atoms with Gasteiger partial charge in [0, 0.05) is 18.3 Å². The van der Waals surface area contributed by atoms with Gasteiger partial charge in [0.25, 0.3) is 0 Å². The molecule has 8 heteroatoms. The third-order valence-corrected chi connectivity index (χ3v) is 5.91. The molecule has 0 saturated heterocycles. The van der Waals surface area contributed by atoms with E-state index in [-0.39, 0.29) is 11.7 Å². The first-order valence-corrected chi connectivity index (χ1v) is 11.4. The molecule has 0 fully saturated rings. The van der Waals surface area contributed by atoms with Crippen LogP contribution in [0.25, 0.3) is 17.1 Å². The van der Waals surface area contributed by atoms with Crippen molar-refractivity contribution in [3.63, 3.8) is 0 Å². The number of aromatic nitrogens is 3. The lowest BCUT2D eigenvalue weighted by atomic mass is 10.2. The Labute approximate surface area is 196 Å². The molecule has 4 aromatic rings. The average molecular weight is 463 g/mol. The summed E-state index contributed by atoms with van der Waals surface area (Å²) in [5.74, 6) is 0.842. The van der Waals surface area contributed by atoms with Gasteiger partial charge in [0.1, 0.15) is 11.6 Å². The molecule has 0 N–H and O–H groups in total. The number of ether oxygens (including phenoxy) is 1. The zero-order chi connectivity index (χ0) is 23.2. The summed E-state index contributed by atoms with van der Waals surface area (Å²) in [7, 11) is 1.73. The minimum atomic E-state index is -0.404. The molecular weight excluding hydrogens is 439 g/mol. The summed E-state index contributed by atoms with van der Waals surface area (Å²) in [6.45, 7) is 2.49. The van der Waals surface area contributed by atoms with Crippen molar-refractivity contribution >= 4 is 23.4 Å². The predicted molar refractivity (Wildman–Crippen MR) is 128 cm³/mol. The van der Waals surface area contributed by atoms with E-state index in [0.717, 1.165) is 17.0 Å². The number of carbonyl (C=O) groups excluding carboxylic acids is 1. The Morgan fingerprint density at radius 2 is 1.70 bits per heavy atom. The lowest BCUT2D eigenvalue weighted by Gasteiger charge is -2.17. The second-order valence-electron chi connectivity index (χ2n) is 7.13. The Kier molecular flexibility index (Phi) is 7.04. The van der Waals surface area contributed by atoms with Gasteiger partial charge in [0.2, 0.25) is 5.91 Å². The maximum atomic E-state index is 14.8. The van der Waals surface area contributed by atoms with Gasteiger partial charge in [-0.1, -0.05) is 42.1 Å². The third kappa shape index (κ3) is 5.06. The molecule has 0 atom stereocenters. The highest BCUT2D eigenvalue weighted by Crippen LogP contribution is 2.30. The molecule has 0 saturated carbocycles. The maximum Gasteiger partial charge on any atom is 0.237 e. The Morgan fingerprint density at radius 3 is 2.39 bits per heavy atom. The fourth-order valence-corrected chi connectivity index (χ4v) is 4.14. The van der Waals surface area contributed by atoms with E-state index in [0.29, 0.717) is 23.3 Å². The Hall–Kier alpha value is -3.65. The van der Waals surface area contributed by atoms with E-state index >= 15 is 0 Å². The summed E-state index contributed by atoms with van der Waals surface area (Å²) >= 11 is 1.22. The number of benzene rings is 3. The summed E-state index contributed by atoms with van der Waals surface area (Å²) in [4.78, 5) is 14.4. The predicted octanol–water partition coefficient (Wildman–Crippen LogP) is 5.23. The summed E-state index contributed by atoms with van der Waals surface area (Å²) in [5, 5.41) is 9.03. The van der Waals surface area contributed by atoms with Gasteiger partial charge in [0.15, 0.2) is 11.0 Å². The van der Waals surface area contributed by atoms with E-state index in [4.69, 9.17) is 4.74 Å². The van der Waals surface area contributed by atoms with Gasteiger partial charge < -0.3 is 9.64 Å². The number of halogens is 1. The Bertz CT molecular complexity index is 1230. The highest BCUT2D eigenvalue weighted by molar-refractivity contribution is 7.99. The van der Waals surface area contributed by atoms with E-state index in [1.54, 1.807) is 34.7 Å². The van der Waals surface area contributed by atoms with Gasteiger partial charge >= 0.3 is 0 Å². The van der Waals surface area contributed by atoms with Crippen molar-refractivity contribution in [3.8, 4) is 22.8 Å². The maximum absolute atomic E-state index is 14.8. The third-order valence-electron chi connectivity index (χ3n) is 4.99. The number of amides is 1. The van der Waals surface area contributed by atoms with Crippen LogP contribution in [-0.4, -0.2) is 40.1 Å². The molecular formula is C25H23FN4O2S. The molecule has 0 bridgehead atoms. The molecule has 4 rings (SSSR count). The van der Waals surface area contributed by atoms with Gasteiger partial charge in [-0.25, -0.2) is 4.39 Å². The van der Waals surface area contributed by atoms with E-state index in [1.807, 2.05) is 61.5 Å². The molecule has 1 heterocycles. The van der Waals surface area contributed by atoms with Crippen LogP contribution in [0.5, 0.6) is 5.75 Å². The molecule has 0 spiro atoms. The van der Waals surface area contributed by atoms with Crippen molar-refractivity contribution in [1.29, 1.82) is 0 Å². The lowest BCUT2D eigenvalue weighted by molar-refractivity contribution is -0.115. The lowest BCUT2D eigenvalue weighted by Crippen LogP contribution is -2.27. The number of nitrogens with zero attached hydrogens (tertiary/aromatic N) is 4. The van der Waals surface area contributed by atoms with Crippen molar-refractivity contribution in [2.75, 3.05) is 24.3 Å². The first-order valence-electron chi connectivity index (χ1n) is 10.5. The number of thioether (sulfide) groups is 1. The van der Waals surface area contributed by atoms with E-state index in [1.165, 1.54) is 17.8 Å². The molecule has 33 heavy (non-hydrogen) atoms. The number of carbonyl (C=O) groups is 1. The van der Waals surface area contributed by atoms with E-state index in [2.05, 4.69) is 10.2 Å². The van der Waals surface area contributed by atoms with Crippen LogP contribution in [0.15, 0.2) is 84.0 Å². The van der Waals surface area contributed by atoms with Crippen molar-refractivity contribution in [2.45, 2.75) is 12.1 Å². The topological polar surface area (TPSA) is 60.3 Å². The first-order chi connectivity index (χ1) is 16.1. The molecule has 1 amide bonds. The fourth-order valence-electron chi connectivity index (χ4n) is 3.29. The van der Waals surface area contributed by atoms with Gasteiger partial charge in [0.05, 0.1) is 18.0 Å². The quantitative estimate of drug-likeness (QED) is 0.336. The van der Waals surface area contributed by atoms with E-state index < -0.39 is 5.82 Å². The zero-order valence-electron chi connectivity index (χ0n) is 18.3. The molecule has 0 radical (unpaired) electrons. The summed E-state index contributed by atoms with van der Waals surface area (Å²) < 4.78 is 21.9. The minimum absolute atomic E-state index is 0.100. The minimum Gasteiger partial charge on any atom is -0.494 e. The van der Waals surface area contributed by atoms with Crippen LogP contribution in [0.2, 0.25) is 0 Å². The first kappa shape index (κ1) is 22.5. The second kappa shape index (κ2) is 10.3. The molecule has 1 aromatic heterocycles. The monoisotopic (exact) mass is 462 g/mol. The van der Waals surface area contributed by atoms with E-state index in [9.17, 15) is 9.18 Å². The Balaban J connectivity index is 1.64. The standard InChI is InChI=1S/C25H23FN4O2S/c1-3-32-20-15-13-18(14-16-20)24-27-28-25(30(24)22-12-8-7-11-21(22)26)33-17-23(31)29(2)19-9-5-4-6-10-19/h4-16H,3,17H2,1-2H3. The van der Waals surface area contributed by atoms with Gasteiger partial charge in [-0.05, 0) is 55.5 Å². The Morgan fingerprint density at radius 1 is 1.00 bits per heavy atom. The molecule has 0 aliphatic rings. The van der Waals surface area contributed by atoms with Crippen molar-refractivity contribution in [2.24, 2.45) is 0 Å². The van der Waals surface area contributed by atoms with Crippen LogP contribution in [-0.2, 0) is 4.79 Å². The van der Waals surface area contributed by atoms with Crippen molar-refractivity contribution in [3.05, 3.63) is 84.7 Å². The molecule has 3 aromatic carbocycles. The van der Waals surface area contributed by atoms with Gasteiger partial charge in [-0.15, -0.1) is 10.2 Å². The summed E-state index contributed by atoms with van der Waals surface area (Å²) in [6.07, 6.45) is 0. The van der Waals surface area contributed by atoms with Gasteiger partial charge in [-0.3, -0.25) is 9.36 Å². The smallest absolute Gasteiger partial charge is 0.237 e. The van der Waals surface area contributed by atoms with Crippen LogP contribution in [0, 0.1) is 5.82 Å². The molecule has 168 valence electrons. The highest BCUT2D eigenvalue weighted by atomic mass is 32.2. The molecule has 0 aliphatic carbocycles. The summed E-state index contributed by atoms with van der Waals surface area (Å²) in [6, 6.07) is 23.2. The highest BCUT2D eigenvalue weighted by Gasteiger charge is 2.20. The number of anilines is 1. The van der Waals surface area contributed by atoms with Crippen molar-refractivity contribution in [1.82, 2.24) is 14.8 Å². The SMILES string of the molecule is CCOc1ccc(-c2nnc(SCC(=O)N(C)c3ccccc3)n2-c2ccccc2F)cc1. The molecule has 0 aliphatic heterocycles. The van der Waals surface area contributed by atoms with Crippen LogP contribution in [0.3, 0.4) is 0 Å². The largest absolute Gasteiger partial charge is 0.494 e. The number of para-hydroxylation sites is 2. The van der Waals surface area contributed by atoms with Gasteiger partial charge in [-0.2, -0.15) is 0 Å².